The predicted molar refractivity (Wildman–Crippen MR) is 103 cm³/mol. The standard InChI is InChI=1S/C18H32N4OS/c1-5-19-18(20-10-14(2)17-6-9-24-13-17)21-11-15(3)22-7-8-23-12-16(22)4/h6,9,13-16H,5,7-8,10-12H2,1-4H3,(H2,19,20,21). The number of hydrogen-bond donors (Lipinski definition) is 2. The second-order valence-electron chi connectivity index (χ2n) is 6.57. The summed E-state index contributed by atoms with van der Waals surface area (Å²) < 4.78 is 5.53. The molecule has 0 amide bonds. The largest absolute Gasteiger partial charge is 0.379 e. The van der Waals surface area contributed by atoms with Crippen LogP contribution >= 0.6 is 11.3 Å². The lowest BCUT2D eigenvalue weighted by atomic mass is 10.1. The average molecular weight is 353 g/mol. The molecule has 0 radical (unpaired) electrons. The van der Waals surface area contributed by atoms with Crippen molar-refractivity contribution in [3.05, 3.63) is 22.4 Å². The van der Waals surface area contributed by atoms with Gasteiger partial charge in [-0.05, 0) is 49.1 Å². The lowest BCUT2D eigenvalue weighted by molar-refractivity contribution is -0.0165. The number of rotatable bonds is 7. The summed E-state index contributed by atoms with van der Waals surface area (Å²) in [5.41, 5.74) is 1.39. The molecule has 0 aliphatic carbocycles. The molecule has 1 aromatic heterocycles. The number of hydrogen-bond acceptors (Lipinski definition) is 4. The SMILES string of the molecule is CCNC(=NCC(C)N1CCOCC1C)NCC(C)c1ccsc1. The van der Waals surface area contributed by atoms with Crippen LogP contribution in [0.15, 0.2) is 21.8 Å². The summed E-state index contributed by atoms with van der Waals surface area (Å²) in [4.78, 5) is 7.28. The molecule has 2 rings (SSSR count). The van der Waals surface area contributed by atoms with Gasteiger partial charge in [0.05, 0.1) is 19.8 Å². The van der Waals surface area contributed by atoms with Crippen molar-refractivity contribution in [2.45, 2.75) is 45.7 Å². The molecule has 1 saturated heterocycles. The molecule has 1 aliphatic heterocycles. The first-order chi connectivity index (χ1) is 11.6. The lowest BCUT2D eigenvalue weighted by Crippen LogP contribution is -2.49. The van der Waals surface area contributed by atoms with Gasteiger partial charge in [0.25, 0.3) is 0 Å². The van der Waals surface area contributed by atoms with Crippen molar-refractivity contribution in [3.63, 3.8) is 0 Å². The van der Waals surface area contributed by atoms with Gasteiger partial charge in [-0.1, -0.05) is 6.92 Å². The maximum Gasteiger partial charge on any atom is 0.191 e. The van der Waals surface area contributed by atoms with Crippen LogP contribution in [0, 0.1) is 0 Å². The van der Waals surface area contributed by atoms with Gasteiger partial charge >= 0.3 is 0 Å². The van der Waals surface area contributed by atoms with Gasteiger partial charge in [0.15, 0.2) is 5.96 Å². The molecule has 0 bridgehead atoms. The van der Waals surface area contributed by atoms with E-state index in [1.54, 1.807) is 11.3 Å². The molecular formula is C18H32N4OS. The summed E-state index contributed by atoms with van der Waals surface area (Å²) >= 11 is 1.75. The van der Waals surface area contributed by atoms with E-state index >= 15 is 0 Å². The van der Waals surface area contributed by atoms with E-state index in [9.17, 15) is 0 Å². The van der Waals surface area contributed by atoms with Crippen molar-refractivity contribution in [1.82, 2.24) is 15.5 Å². The fraction of sp³-hybridized carbons (Fsp3) is 0.722. The highest BCUT2D eigenvalue weighted by atomic mass is 32.1. The minimum atomic E-state index is 0.425. The van der Waals surface area contributed by atoms with Crippen LogP contribution in [-0.4, -0.2) is 62.3 Å². The monoisotopic (exact) mass is 352 g/mol. The Morgan fingerprint density at radius 1 is 1.46 bits per heavy atom. The van der Waals surface area contributed by atoms with E-state index in [4.69, 9.17) is 9.73 Å². The van der Waals surface area contributed by atoms with Gasteiger partial charge < -0.3 is 15.4 Å². The van der Waals surface area contributed by atoms with Crippen LogP contribution in [0.3, 0.4) is 0 Å². The van der Waals surface area contributed by atoms with E-state index in [2.05, 4.69) is 60.1 Å². The van der Waals surface area contributed by atoms with Gasteiger partial charge in [-0.3, -0.25) is 9.89 Å². The minimum absolute atomic E-state index is 0.425. The van der Waals surface area contributed by atoms with Crippen LogP contribution in [0.2, 0.25) is 0 Å². The summed E-state index contributed by atoms with van der Waals surface area (Å²) in [5, 5.41) is 11.2. The summed E-state index contributed by atoms with van der Waals surface area (Å²) in [6.07, 6.45) is 0. The normalized spacial score (nSPS) is 22.2. The molecule has 3 atom stereocenters. The highest BCUT2D eigenvalue weighted by molar-refractivity contribution is 7.07. The average Bonchev–Trinajstić information content (AvgIpc) is 3.12. The molecule has 136 valence electrons. The van der Waals surface area contributed by atoms with E-state index in [-0.39, 0.29) is 0 Å². The van der Waals surface area contributed by atoms with Gasteiger partial charge in [-0.2, -0.15) is 11.3 Å². The quantitative estimate of drug-likeness (QED) is 0.585. The maximum atomic E-state index is 5.53. The topological polar surface area (TPSA) is 48.9 Å². The van der Waals surface area contributed by atoms with Gasteiger partial charge in [-0.25, -0.2) is 0 Å². The van der Waals surface area contributed by atoms with E-state index in [0.29, 0.717) is 18.0 Å². The van der Waals surface area contributed by atoms with Crippen LogP contribution in [0.1, 0.15) is 39.2 Å². The smallest absolute Gasteiger partial charge is 0.191 e. The summed E-state index contributed by atoms with van der Waals surface area (Å²) in [5.74, 6) is 1.39. The van der Waals surface area contributed by atoms with E-state index in [0.717, 1.165) is 45.4 Å². The Morgan fingerprint density at radius 3 is 2.96 bits per heavy atom. The zero-order valence-corrected chi connectivity index (χ0v) is 16.2. The van der Waals surface area contributed by atoms with Crippen LogP contribution < -0.4 is 10.6 Å². The number of nitrogens with zero attached hydrogens (tertiary/aromatic N) is 2. The first kappa shape index (κ1) is 19.2. The molecule has 2 N–H and O–H groups in total. The number of aliphatic imine (C=N–C) groups is 1. The van der Waals surface area contributed by atoms with Crippen molar-refractivity contribution in [1.29, 1.82) is 0 Å². The third kappa shape index (κ3) is 5.76. The van der Waals surface area contributed by atoms with Crippen molar-refractivity contribution in [3.8, 4) is 0 Å². The molecule has 1 aromatic rings. The molecule has 6 heteroatoms. The van der Waals surface area contributed by atoms with E-state index in [1.165, 1.54) is 5.56 Å². The third-order valence-electron chi connectivity index (χ3n) is 4.53. The molecule has 1 fully saturated rings. The molecule has 0 aromatic carbocycles. The van der Waals surface area contributed by atoms with Crippen molar-refractivity contribution < 1.29 is 4.74 Å². The molecule has 2 heterocycles. The number of ether oxygens (including phenoxy) is 1. The Hall–Kier alpha value is -1.11. The zero-order chi connectivity index (χ0) is 17.4. The zero-order valence-electron chi connectivity index (χ0n) is 15.4. The lowest BCUT2D eigenvalue weighted by Gasteiger charge is -2.37. The summed E-state index contributed by atoms with van der Waals surface area (Å²) in [6, 6.07) is 3.09. The number of morpholine rings is 1. The summed E-state index contributed by atoms with van der Waals surface area (Å²) in [6.45, 7) is 14.0. The second kappa shape index (κ2) is 10.0. The molecule has 0 spiro atoms. The fourth-order valence-corrected chi connectivity index (χ4v) is 3.77. The molecule has 0 saturated carbocycles. The van der Waals surface area contributed by atoms with E-state index in [1.807, 2.05) is 0 Å². The van der Waals surface area contributed by atoms with Gasteiger partial charge in [0.1, 0.15) is 0 Å². The molecule has 3 unspecified atom stereocenters. The Kier molecular flexibility index (Phi) is 8.02. The first-order valence-electron chi connectivity index (χ1n) is 8.99. The first-order valence-corrected chi connectivity index (χ1v) is 9.93. The molecular weight excluding hydrogens is 320 g/mol. The van der Waals surface area contributed by atoms with Crippen LogP contribution in [-0.2, 0) is 4.74 Å². The number of guanidine groups is 1. The van der Waals surface area contributed by atoms with Gasteiger partial charge in [0.2, 0.25) is 0 Å². The number of nitrogens with one attached hydrogen (secondary N) is 2. The molecule has 5 nitrogen and oxygen atoms in total. The van der Waals surface area contributed by atoms with Crippen LogP contribution in [0.4, 0.5) is 0 Å². The Labute approximate surface area is 150 Å². The number of thiophene rings is 1. The summed E-state index contributed by atoms with van der Waals surface area (Å²) in [7, 11) is 0. The maximum absolute atomic E-state index is 5.53. The highest BCUT2D eigenvalue weighted by Crippen LogP contribution is 2.17. The Morgan fingerprint density at radius 2 is 2.29 bits per heavy atom. The van der Waals surface area contributed by atoms with Gasteiger partial charge in [-0.15, -0.1) is 0 Å². The van der Waals surface area contributed by atoms with Gasteiger partial charge in [0, 0.05) is 31.7 Å². The van der Waals surface area contributed by atoms with Crippen LogP contribution in [0.5, 0.6) is 0 Å². The predicted octanol–water partition coefficient (Wildman–Crippen LogP) is 2.52. The van der Waals surface area contributed by atoms with E-state index < -0.39 is 0 Å². The van der Waals surface area contributed by atoms with Crippen LogP contribution in [0.25, 0.3) is 0 Å². The Bertz CT molecular complexity index is 491. The fourth-order valence-electron chi connectivity index (χ4n) is 2.99. The molecule has 1 aliphatic rings. The minimum Gasteiger partial charge on any atom is -0.379 e. The second-order valence-corrected chi connectivity index (χ2v) is 7.35. The Balaban J connectivity index is 1.85. The third-order valence-corrected chi connectivity index (χ3v) is 5.23. The molecule has 24 heavy (non-hydrogen) atoms. The van der Waals surface area contributed by atoms with Crippen molar-refractivity contribution in [2.75, 3.05) is 39.4 Å². The highest BCUT2D eigenvalue weighted by Gasteiger charge is 2.23. The van der Waals surface area contributed by atoms with Crippen molar-refractivity contribution in [2.24, 2.45) is 4.99 Å². The van der Waals surface area contributed by atoms with Crippen molar-refractivity contribution >= 4 is 17.3 Å².